The van der Waals surface area contributed by atoms with E-state index in [-0.39, 0.29) is 6.04 Å². The van der Waals surface area contributed by atoms with Crippen LogP contribution in [0.1, 0.15) is 35.5 Å². The Morgan fingerprint density at radius 3 is 2.38 bits per heavy atom. The highest BCUT2D eigenvalue weighted by Crippen LogP contribution is 2.21. The Morgan fingerprint density at radius 2 is 1.76 bits per heavy atom. The van der Waals surface area contributed by atoms with Gasteiger partial charge in [-0.25, -0.2) is 0 Å². The lowest BCUT2D eigenvalue weighted by atomic mass is 10.0. The standard InChI is InChI=1S/C18H24N2O/c1-13-8-10-16(11-9-13)18(21)15(3)20(4)12-17-7-5-6-14(2)19-17/h5-11,15,18,21H,12H2,1-4H3. The van der Waals surface area contributed by atoms with Crippen molar-refractivity contribution in [1.82, 2.24) is 9.88 Å². The lowest BCUT2D eigenvalue weighted by molar-refractivity contribution is 0.0682. The third-order valence-corrected chi connectivity index (χ3v) is 3.93. The summed E-state index contributed by atoms with van der Waals surface area (Å²) in [7, 11) is 2.02. The van der Waals surface area contributed by atoms with Gasteiger partial charge < -0.3 is 5.11 Å². The van der Waals surface area contributed by atoms with Gasteiger partial charge in [0.15, 0.2) is 0 Å². The molecule has 3 heteroatoms. The van der Waals surface area contributed by atoms with E-state index in [2.05, 4.69) is 16.8 Å². The molecule has 0 spiro atoms. The Hall–Kier alpha value is -1.71. The van der Waals surface area contributed by atoms with Gasteiger partial charge in [0.2, 0.25) is 0 Å². The predicted molar refractivity (Wildman–Crippen MR) is 86.0 cm³/mol. The second kappa shape index (κ2) is 6.83. The fraction of sp³-hybridized carbons (Fsp3) is 0.389. The summed E-state index contributed by atoms with van der Waals surface area (Å²) < 4.78 is 0. The van der Waals surface area contributed by atoms with E-state index in [1.54, 1.807) is 0 Å². The van der Waals surface area contributed by atoms with Crippen LogP contribution in [0.15, 0.2) is 42.5 Å². The quantitative estimate of drug-likeness (QED) is 0.915. The molecule has 0 amide bonds. The van der Waals surface area contributed by atoms with Crippen LogP contribution in [0.4, 0.5) is 0 Å². The van der Waals surface area contributed by atoms with Crippen molar-refractivity contribution in [3.05, 3.63) is 65.0 Å². The molecule has 3 nitrogen and oxygen atoms in total. The van der Waals surface area contributed by atoms with E-state index >= 15 is 0 Å². The summed E-state index contributed by atoms with van der Waals surface area (Å²) in [4.78, 5) is 6.65. The van der Waals surface area contributed by atoms with E-state index in [0.717, 1.165) is 23.5 Å². The average molecular weight is 284 g/mol. The minimum atomic E-state index is -0.500. The van der Waals surface area contributed by atoms with Crippen LogP contribution >= 0.6 is 0 Å². The topological polar surface area (TPSA) is 36.4 Å². The molecule has 21 heavy (non-hydrogen) atoms. The number of pyridine rings is 1. The molecule has 0 fully saturated rings. The largest absolute Gasteiger partial charge is 0.387 e. The Bertz CT molecular complexity index is 580. The van der Waals surface area contributed by atoms with Crippen LogP contribution in [0, 0.1) is 13.8 Å². The van der Waals surface area contributed by atoms with Crippen molar-refractivity contribution in [2.24, 2.45) is 0 Å². The van der Waals surface area contributed by atoms with E-state index in [4.69, 9.17) is 0 Å². The fourth-order valence-corrected chi connectivity index (χ4v) is 2.37. The Morgan fingerprint density at radius 1 is 1.10 bits per heavy atom. The fourth-order valence-electron chi connectivity index (χ4n) is 2.37. The highest BCUT2D eigenvalue weighted by atomic mass is 16.3. The number of aryl methyl sites for hydroxylation is 2. The number of benzene rings is 1. The number of aliphatic hydroxyl groups is 1. The zero-order chi connectivity index (χ0) is 15.4. The maximum absolute atomic E-state index is 10.5. The molecule has 1 N–H and O–H groups in total. The molecule has 2 aromatic rings. The van der Waals surface area contributed by atoms with Gasteiger partial charge >= 0.3 is 0 Å². The Kier molecular flexibility index (Phi) is 5.10. The molecule has 0 aliphatic rings. The lowest BCUT2D eigenvalue weighted by Gasteiger charge is -2.29. The molecule has 0 aliphatic carbocycles. The van der Waals surface area contributed by atoms with Crippen LogP contribution in [-0.2, 0) is 6.54 Å². The van der Waals surface area contributed by atoms with Crippen LogP contribution in [-0.4, -0.2) is 28.1 Å². The van der Waals surface area contributed by atoms with E-state index in [9.17, 15) is 5.11 Å². The minimum Gasteiger partial charge on any atom is -0.387 e. The third-order valence-electron chi connectivity index (χ3n) is 3.93. The predicted octanol–water partition coefficient (Wildman–Crippen LogP) is 3.25. The monoisotopic (exact) mass is 284 g/mol. The van der Waals surface area contributed by atoms with Crippen molar-refractivity contribution in [1.29, 1.82) is 0 Å². The van der Waals surface area contributed by atoms with Crippen LogP contribution in [0.3, 0.4) is 0 Å². The number of hydrogen-bond acceptors (Lipinski definition) is 3. The van der Waals surface area contributed by atoms with Crippen molar-refractivity contribution in [2.75, 3.05) is 7.05 Å². The molecule has 2 atom stereocenters. The van der Waals surface area contributed by atoms with Gasteiger partial charge in [0.1, 0.15) is 0 Å². The number of hydrogen-bond donors (Lipinski definition) is 1. The molecule has 0 bridgehead atoms. The van der Waals surface area contributed by atoms with E-state index in [1.807, 2.05) is 63.4 Å². The first-order chi connectivity index (χ1) is 9.97. The molecular formula is C18H24N2O. The minimum absolute atomic E-state index is 0.0232. The van der Waals surface area contributed by atoms with E-state index < -0.39 is 6.10 Å². The molecule has 112 valence electrons. The molecule has 1 aromatic heterocycles. The maximum Gasteiger partial charge on any atom is 0.0942 e. The van der Waals surface area contributed by atoms with E-state index in [1.165, 1.54) is 5.56 Å². The first-order valence-electron chi connectivity index (χ1n) is 7.35. The van der Waals surface area contributed by atoms with Crippen LogP contribution in [0.25, 0.3) is 0 Å². The van der Waals surface area contributed by atoms with Crippen LogP contribution in [0.5, 0.6) is 0 Å². The second-order valence-electron chi connectivity index (χ2n) is 5.78. The number of aliphatic hydroxyl groups excluding tert-OH is 1. The number of likely N-dealkylation sites (N-methyl/N-ethyl adjacent to an activating group) is 1. The Balaban J connectivity index is 2.04. The smallest absolute Gasteiger partial charge is 0.0942 e. The number of nitrogens with zero attached hydrogens (tertiary/aromatic N) is 2. The lowest BCUT2D eigenvalue weighted by Crippen LogP contribution is -2.34. The second-order valence-corrected chi connectivity index (χ2v) is 5.78. The first-order valence-corrected chi connectivity index (χ1v) is 7.35. The zero-order valence-electron chi connectivity index (χ0n) is 13.2. The van der Waals surface area contributed by atoms with Crippen molar-refractivity contribution in [2.45, 2.75) is 39.5 Å². The summed E-state index contributed by atoms with van der Waals surface area (Å²) in [5.74, 6) is 0. The first kappa shape index (κ1) is 15.7. The molecule has 0 saturated carbocycles. The van der Waals surface area contributed by atoms with Gasteiger partial charge in [0.25, 0.3) is 0 Å². The molecule has 0 radical (unpaired) electrons. The summed E-state index contributed by atoms with van der Waals surface area (Å²) in [6, 6.07) is 14.1. The highest BCUT2D eigenvalue weighted by molar-refractivity contribution is 5.24. The molecule has 2 unspecified atom stereocenters. The van der Waals surface area contributed by atoms with Crippen molar-refractivity contribution in [3.8, 4) is 0 Å². The summed E-state index contributed by atoms with van der Waals surface area (Å²) in [5, 5.41) is 10.5. The van der Waals surface area contributed by atoms with Crippen LogP contribution in [0.2, 0.25) is 0 Å². The average Bonchev–Trinajstić information content (AvgIpc) is 2.46. The summed E-state index contributed by atoms with van der Waals surface area (Å²) in [6.07, 6.45) is -0.500. The number of aromatic nitrogens is 1. The highest BCUT2D eigenvalue weighted by Gasteiger charge is 2.20. The van der Waals surface area contributed by atoms with Crippen LogP contribution < -0.4 is 0 Å². The molecule has 2 rings (SSSR count). The van der Waals surface area contributed by atoms with Gasteiger partial charge in [-0.2, -0.15) is 0 Å². The normalized spacial score (nSPS) is 14.2. The van der Waals surface area contributed by atoms with Gasteiger partial charge in [0.05, 0.1) is 11.8 Å². The van der Waals surface area contributed by atoms with Gasteiger partial charge in [0, 0.05) is 18.3 Å². The summed E-state index contributed by atoms with van der Waals surface area (Å²) >= 11 is 0. The van der Waals surface area contributed by atoms with Gasteiger partial charge in [-0.3, -0.25) is 9.88 Å². The van der Waals surface area contributed by atoms with E-state index in [0.29, 0.717) is 0 Å². The van der Waals surface area contributed by atoms with Crippen molar-refractivity contribution < 1.29 is 5.11 Å². The molecule has 1 heterocycles. The summed E-state index contributed by atoms with van der Waals surface area (Å²) in [5.41, 5.74) is 4.21. The maximum atomic E-state index is 10.5. The summed E-state index contributed by atoms with van der Waals surface area (Å²) in [6.45, 7) is 6.81. The third kappa shape index (κ3) is 4.13. The molecule has 0 saturated heterocycles. The number of rotatable bonds is 5. The van der Waals surface area contributed by atoms with Gasteiger partial charge in [-0.05, 0) is 45.5 Å². The van der Waals surface area contributed by atoms with Crippen molar-refractivity contribution in [3.63, 3.8) is 0 Å². The molecular weight excluding hydrogens is 260 g/mol. The Labute approximate surface area is 127 Å². The molecule has 0 aliphatic heterocycles. The molecule has 1 aromatic carbocycles. The van der Waals surface area contributed by atoms with Gasteiger partial charge in [-0.15, -0.1) is 0 Å². The van der Waals surface area contributed by atoms with Gasteiger partial charge in [-0.1, -0.05) is 35.9 Å². The zero-order valence-corrected chi connectivity index (χ0v) is 13.2. The van der Waals surface area contributed by atoms with Crippen molar-refractivity contribution >= 4 is 0 Å². The SMILES string of the molecule is Cc1ccc(C(O)C(C)N(C)Cc2cccc(C)n2)cc1.